The molecule has 3 saturated carbocycles. The third-order valence-electron chi connectivity index (χ3n) is 14.6. The molecule has 8 atom stereocenters. The van der Waals surface area contributed by atoms with Gasteiger partial charge in [0.2, 0.25) is 5.78 Å². The first-order chi connectivity index (χ1) is 26.0. The molecule has 8 unspecified atom stereocenters. The molecule has 2 spiro atoms. The Morgan fingerprint density at radius 1 is 0.964 bits per heavy atom. The van der Waals surface area contributed by atoms with Crippen molar-refractivity contribution in [3.8, 4) is 11.3 Å². The van der Waals surface area contributed by atoms with Crippen molar-refractivity contribution in [2.24, 2.45) is 33.5 Å². The van der Waals surface area contributed by atoms with Crippen LogP contribution in [0, 0.1) is 33.5 Å². The number of aliphatic hydroxyl groups is 2. The largest absolute Gasteiger partial charge is 0.453 e. The third kappa shape index (κ3) is 5.67. The number of amides is 2. The Hall–Kier alpha value is -3.86. The summed E-state index contributed by atoms with van der Waals surface area (Å²) < 4.78 is 47.1. The first-order valence-corrected chi connectivity index (χ1v) is 19.8. The van der Waals surface area contributed by atoms with Crippen LogP contribution >= 0.6 is 11.6 Å². The smallest absolute Gasteiger partial charge is 0.416 e. The van der Waals surface area contributed by atoms with Gasteiger partial charge in [-0.3, -0.25) is 4.79 Å². The number of rotatable bonds is 8. The van der Waals surface area contributed by atoms with Gasteiger partial charge < -0.3 is 24.8 Å². The van der Waals surface area contributed by atoms with Gasteiger partial charge in [-0.05, 0) is 111 Å². The Morgan fingerprint density at radius 3 is 2.40 bits per heavy atom. The summed E-state index contributed by atoms with van der Waals surface area (Å²) in [6.07, 6.45) is 6.43. The molecule has 7 nitrogen and oxygen atoms in total. The fourth-order valence-electron chi connectivity index (χ4n) is 11.8. The number of carbonyl (C=O) groups is 2. The van der Waals surface area contributed by atoms with Gasteiger partial charge in [-0.25, -0.2) is 4.79 Å². The summed E-state index contributed by atoms with van der Waals surface area (Å²) in [7, 11) is 0. The molecule has 292 valence electrons. The number of alkyl halides is 3. The number of para-hydroxylation sites is 1. The molecule has 0 radical (unpaired) electrons. The number of benzene rings is 2. The van der Waals surface area contributed by atoms with Crippen molar-refractivity contribution in [1.29, 1.82) is 0 Å². The summed E-state index contributed by atoms with van der Waals surface area (Å²) in [4.78, 5) is 30.5. The van der Waals surface area contributed by atoms with E-state index in [0.717, 1.165) is 25.0 Å². The van der Waals surface area contributed by atoms with Crippen LogP contribution < -0.4 is 5.32 Å². The number of hydrogen-bond acceptors (Lipinski definition) is 5. The van der Waals surface area contributed by atoms with Gasteiger partial charge in [-0.1, -0.05) is 68.8 Å². The second-order valence-corrected chi connectivity index (χ2v) is 17.6. The quantitative estimate of drug-likeness (QED) is 0.156. The molecule has 2 aromatic carbocycles. The van der Waals surface area contributed by atoms with Crippen LogP contribution in [0.2, 0.25) is 5.02 Å². The van der Waals surface area contributed by atoms with E-state index in [1.807, 2.05) is 37.3 Å². The highest BCUT2D eigenvalue weighted by Crippen LogP contribution is 2.78. The van der Waals surface area contributed by atoms with E-state index < -0.39 is 39.7 Å². The Kier molecular flexibility index (Phi) is 9.06. The van der Waals surface area contributed by atoms with Crippen molar-refractivity contribution in [1.82, 2.24) is 4.90 Å². The van der Waals surface area contributed by atoms with Gasteiger partial charge >= 0.3 is 12.2 Å². The Labute approximate surface area is 324 Å². The number of hydrogen-bond donors (Lipinski definition) is 3. The zero-order valence-electron chi connectivity index (χ0n) is 31.4. The van der Waals surface area contributed by atoms with Gasteiger partial charge in [0.25, 0.3) is 0 Å². The summed E-state index contributed by atoms with van der Waals surface area (Å²) >= 11 is 6.37. The van der Waals surface area contributed by atoms with E-state index >= 15 is 4.79 Å². The Bertz CT molecular complexity index is 2080. The van der Waals surface area contributed by atoms with Crippen LogP contribution in [0.3, 0.4) is 0 Å². The lowest BCUT2D eigenvalue weighted by molar-refractivity contribution is -0.174. The molecular formula is C44H48ClF3N2O5. The molecular weight excluding hydrogens is 729 g/mol. The number of aliphatic hydroxyl groups excluding tert-OH is 1. The molecule has 11 heteroatoms. The highest BCUT2D eigenvalue weighted by molar-refractivity contribution is 6.33. The molecule has 1 aromatic heterocycles. The van der Waals surface area contributed by atoms with Crippen molar-refractivity contribution in [2.75, 3.05) is 18.4 Å². The zero-order chi connectivity index (χ0) is 39.2. The number of nitrogens with one attached hydrogen (secondary N) is 1. The van der Waals surface area contributed by atoms with E-state index in [4.69, 9.17) is 16.0 Å². The first-order valence-electron chi connectivity index (χ1n) is 19.5. The number of carbonyl (C=O) groups excluding carboxylic acids is 2. The maximum atomic E-state index is 15.0. The highest BCUT2D eigenvalue weighted by atomic mass is 35.5. The van der Waals surface area contributed by atoms with E-state index in [-0.39, 0.29) is 57.7 Å². The summed E-state index contributed by atoms with van der Waals surface area (Å²) in [6.45, 7) is 7.01. The minimum atomic E-state index is -4.59. The van der Waals surface area contributed by atoms with Crippen LogP contribution in [-0.4, -0.2) is 51.7 Å². The molecule has 9 rings (SSSR count). The van der Waals surface area contributed by atoms with Crippen LogP contribution in [0.15, 0.2) is 88.9 Å². The lowest BCUT2D eigenvalue weighted by atomic mass is 9.32. The normalized spacial score (nSPS) is 34.7. The molecule has 3 aromatic rings. The average molecular weight is 777 g/mol. The third-order valence-corrected chi connectivity index (χ3v) is 14.9. The Balaban J connectivity index is 1.18. The number of allylic oxidation sites excluding steroid dienone is 4. The predicted molar refractivity (Wildman–Crippen MR) is 204 cm³/mol. The van der Waals surface area contributed by atoms with Crippen LogP contribution in [0.25, 0.3) is 11.3 Å². The van der Waals surface area contributed by atoms with E-state index in [9.17, 15) is 28.2 Å². The SMILES string of the molecule is CCCN(CC1(O)CCC2C34C=CC5(C=C3C(=O)c3ccc(-c6cc(C(F)(F)F)ccc6Cl)o3)CC(O)CCC5(C)C4CCC21C)C(=O)Nc1ccccc1. The van der Waals surface area contributed by atoms with Crippen molar-refractivity contribution in [3.05, 3.63) is 101 Å². The maximum Gasteiger partial charge on any atom is 0.416 e. The van der Waals surface area contributed by atoms with Gasteiger partial charge in [-0.15, -0.1) is 0 Å². The molecule has 6 aliphatic rings. The van der Waals surface area contributed by atoms with Crippen molar-refractivity contribution in [3.63, 3.8) is 0 Å². The summed E-state index contributed by atoms with van der Waals surface area (Å²) in [5.74, 6) is -0.479. The topological polar surface area (TPSA) is 103 Å². The fraction of sp³-hybridized carbons (Fsp3) is 0.500. The summed E-state index contributed by atoms with van der Waals surface area (Å²) in [5, 5.41) is 27.0. The monoisotopic (exact) mass is 776 g/mol. The maximum absolute atomic E-state index is 15.0. The number of anilines is 1. The second kappa shape index (κ2) is 13.1. The number of urea groups is 1. The van der Waals surface area contributed by atoms with E-state index in [0.29, 0.717) is 56.3 Å². The molecule has 2 amide bonds. The number of ketones is 1. The number of Topliss-reactive ketones (excluding diaryl/α,β-unsaturated/α-hetero) is 1. The van der Waals surface area contributed by atoms with Crippen LogP contribution in [-0.2, 0) is 6.18 Å². The van der Waals surface area contributed by atoms with Crippen molar-refractivity contribution in [2.45, 2.75) is 90.0 Å². The lowest BCUT2D eigenvalue weighted by Crippen LogP contribution is -2.67. The standard InChI is InChI=1S/C44H48ClF3N2O5/c1-4-22-50(38(53)49-28-8-6-5-7-9-28)26-42(54)19-16-36-40(42,3)18-15-35-39(2)17-14-29(51)24-41(39)20-21-43(35,36)31(25-41)37(52)34-13-12-33(55-34)30-23-27(44(46,47)48)10-11-32(30)45/h5-13,20-21,23,25,29,35-36,51,54H,4,14-19,22,24,26H2,1-3H3,(H,49,53). The van der Waals surface area contributed by atoms with Crippen molar-refractivity contribution < 1.29 is 37.4 Å². The van der Waals surface area contributed by atoms with Crippen LogP contribution in [0.5, 0.6) is 0 Å². The number of halogens is 4. The van der Waals surface area contributed by atoms with E-state index in [2.05, 4.69) is 37.4 Å². The molecule has 2 bridgehead atoms. The van der Waals surface area contributed by atoms with Crippen LogP contribution in [0.4, 0.5) is 23.7 Å². The van der Waals surface area contributed by atoms with E-state index in [1.54, 1.807) is 4.90 Å². The molecule has 6 aliphatic carbocycles. The summed E-state index contributed by atoms with van der Waals surface area (Å²) in [6, 6.07) is 15.0. The minimum absolute atomic E-state index is 0.00879. The van der Waals surface area contributed by atoms with Gasteiger partial charge in [0.15, 0.2) is 5.76 Å². The predicted octanol–water partition coefficient (Wildman–Crippen LogP) is 10.3. The molecule has 0 saturated heterocycles. The second-order valence-electron chi connectivity index (χ2n) is 17.2. The molecule has 55 heavy (non-hydrogen) atoms. The number of furan rings is 1. The molecule has 0 aliphatic heterocycles. The Morgan fingerprint density at radius 2 is 1.67 bits per heavy atom. The highest BCUT2D eigenvalue weighted by Gasteiger charge is 2.74. The van der Waals surface area contributed by atoms with E-state index in [1.165, 1.54) is 18.2 Å². The van der Waals surface area contributed by atoms with Crippen molar-refractivity contribution >= 4 is 29.1 Å². The van der Waals surface area contributed by atoms with Crippen LogP contribution in [0.1, 0.15) is 88.3 Å². The van der Waals surface area contributed by atoms with Gasteiger partial charge in [-0.2, -0.15) is 13.2 Å². The number of nitrogens with zero attached hydrogens (tertiary/aromatic N) is 1. The van der Waals surface area contributed by atoms with Gasteiger partial charge in [0.1, 0.15) is 5.76 Å². The fourth-order valence-corrected chi connectivity index (χ4v) is 12.0. The molecule has 3 N–H and O–H groups in total. The number of fused-ring (bicyclic) bond motifs is 1. The molecule has 1 heterocycles. The molecule has 3 fully saturated rings. The van der Waals surface area contributed by atoms with Gasteiger partial charge in [0.05, 0.1) is 28.8 Å². The first kappa shape index (κ1) is 38.0. The lowest BCUT2D eigenvalue weighted by Gasteiger charge is -2.71. The zero-order valence-corrected chi connectivity index (χ0v) is 32.1. The average Bonchev–Trinajstić information content (AvgIpc) is 3.74. The summed E-state index contributed by atoms with van der Waals surface area (Å²) in [5.41, 5.74) is -3.21. The minimum Gasteiger partial charge on any atom is -0.453 e. The van der Waals surface area contributed by atoms with Gasteiger partial charge in [0, 0.05) is 39.6 Å².